The SMILES string of the molecule is Cc1ccc(NC(=S)NC[C@@H](c2ccccc2)[NH+]2CCCC2)cc1F. The zero-order chi connectivity index (χ0) is 17.6. The number of likely N-dealkylation sites (tertiary alicyclic amines) is 1. The van der Waals surface area contributed by atoms with E-state index >= 15 is 0 Å². The lowest BCUT2D eigenvalue weighted by Gasteiger charge is -2.26. The molecule has 25 heavy (non-hydrogen) atoms. The summed E-state index contributed by atoms with van der Waals surface area (Å²) in [4.78, 5) is 1.60. The van der Waals surface area contributed by atoms with Crippen molar-refractivity contribution in [2.75, 3.05) is 25.0 Å². The molecule has 1 aliphatic heterocycles. The summed E-state index contributed by atoms with van der Waals surface area (Å²) in [7, 11) is 0. The fraction of sp³-hybridized carbons (Fsp3) is 0.350. The van der Waals surface area contributed by atoms with Crippen LogP contribution in [0, 0.1) is 12.7 Å². The second kappa shape index (κ2) is 8.41. The third-order valence-corrected chi connectivity index (χ3v) is 5.08. The van der Waals surface area contributed by atoms with Crippen LogP contribution >= 0.6 is 12.2 Å². The molecule has 5 heteroatoms. The van der Waals surface area contributed by atoms with E-state index in [-0.39, 0.29) is 5.82 Å². The number of aryl methyl sites for hydroxylation is 1. The van der Waals surface area contributed by atoms with E-state index in [0.717, 1.165) is 6.54 Å². The molecule has 1 heterocycles. The zero-order valence-corrected chi connectivity index (χ0v) is 15.3. The third-order valence-electron chi connectivity index (χ3n) is 4.84. The Hall–Kier alpha value is -1.98. The van der Waals surface area contributed by atoms with Gasteiger partial charge in [0.25, 0.3) is 0 Å². The van der Waals surface area contributed by atoms with Gasteiger partial charge in [-0.1, -0.05) is 36.4 Å². The molecule has 1 fully saturated rings. The van der Waals surface area contributed by atoms with E-state index in [1.807, 2.05) is 12.1 Å². The van der Waals surface area contributed by atoms with Crippen LogP contribution in [0.25, 0.3) is 0 Å². The average Bonchev–Trinajstić information content (AvgIpc) is 3.14. The van der Waals surface area contributed by atoms with E-state index in [1.165, 1.54) is 37.6 Å². The van der Waals surface area contributed by atoms with Gasteiger partial charge in [0.15, 0.2) is 5.11 Å². The molecule has 0 radical (unpaired) electrons. The summed E-state index contributed by atoms with van der Waals surface area (Å²) in [6, 6.07) is 16.0. The monoisotopic (exact) mass is 358 g/mol. The Morgan fingerprint density at radius 1 is 1.16 bits per heavy atom. The van der Waals surface area contributed by atoms with Crippen LogP contribution in [-0.4, -0.2) is 24.7 Å². The van der Waals surface area contributed by atoms with Gasteiger partial charge in [-0.3, -0.25) is 0 Å². The molecule has 3 rings (SSSR count). The Labute approximate surface area is 154 Å². The van der Waals surface area contributed by atoms with Crippen LogP contribution in [0.3, 0.4) is 0 Å². The highest BCUT2D eigenvalue weighted by Gasteiger charge is 2.27. The highest BCUT2D eigenvalue weighted by molar-refractivity contribution is 7.80. The van der Waals surface area contributed by atoms with Crippen molar-refractivity contribution >= 4 is 23.0 Å². The van der Waals surface area contributed by atoms with Gasteiger partial charge in [0.05, 0.1) is 19.6 Å². The van der Waals surface area contributed by atoms with Crippen molar-refractivity contribution in [3.63, 3.8) is 0 Å². The van der Waals surface area contributed by atoms with Crippen molar-refractivity contribution < 1.29 is 9.29 Å². The van der Waals surface area contributed by atoms with Gasteiger partial charge >= 0.3 is 0 Å². The molecule has 0 aromatic heterocycles. The second-order valence-electron chi connectivity index (χ2n) is 6.63. The highest BCUT2D eigenvalue weighted by atomic mass is 32.1. The Balaban J connectivity index is 1.62. The summed E-state index contributed by atoms with van der Waals surface area (Å²) in [6.07, 6.45) is 2.56. The van der Waals surface area contributed by atoms with E-state index in [2.05, 4.69) is 34.9 Å². The molecule has 2 aromatic carbocycles. The van der Waals surface area contributed by atoms with Crippen LogP contribution in [0.15, 0.2) is 48.5 Å². The van der Waals surface area contributed by atoms with Crippen molar-refractivity contribution in [1.29, 1.82) is 0 Å². The first-order valence-electron chi connectivity index (χ1n) is 8.84. The van der Waals surface area contributed by atoms with E-state index in [9.17, 15) is 4.39 Å². The fourth-order valence-corrected chi connectivity index (χ4v) is 3.60. The third kappa shape index (κ3) is 4.77. The summed E-state index contributed by atoms with van der Waals surface area (Å²) < 4.78 is 13.7. The predicted molar refractivity (Wildman–Crippen MR) is 104 cm³/mol. The maximum Gasteiger partial charge on any atom is 0.171 e. The molecule has 0 spiro atoms. The van der Waals surface area contributed by atoms with E-state index in [1.54, 1.807) is 17.9 Å². The smallest absolute Gasteiger partial charge is 0.171 e. The summed E-state index contributed by atoms with van der Waals surface area (Å²) in [5.41, 5.74) is 2.63. The summed E-state index contributed by atoms with van der Waals surface area (Å²) in [5, 5.41) is 6.93. The summed E-state index contributed by atoms with van der Waals surface area (Å²) in [6.45, 7) is 4.91. The number of rotatable bonds is 5. The minimum atomic E-state index is -0.225. The number of benzene rings is 2. The lowest BCUT2D eigenvalue weighted by Crippen LogP contribution is -3.11. The van der Waals surface area contributed by atoms with E-state index < -0.39 is 0 Å². The molecule has 0 bridgehead atoms. The molecular weight excluding hydrogens is 333 g/mol. The van der Waals surface area contributed by atoms with Gasteiger partial charge in [-0.2, -0.15) is 0 Å². The number of hydrogen-bond donors (Lipinski definition) is 3. The molecule has 0 amide bonds. The molecule has 0 unspecified atom stereocenters. The molecule has 3 N–H and O–H groups in total. The highest BCUT2D eigenvalue weighted by Crippen LogP contribution is 2.14. The van der Waals surface area contributed by atoms with Crippen LogP contribution in [-0.2, 0) is 0 Å². The van der Waals surface area contributed by atoms with Gasteiger partial charge in [-0.25, -0.2) is 4.39 Å². The Kier molecular flexibility index (Phi) is 6.00. The molecule has 3 nitrogen and oxygen atoms in total. The normalized spacial score (nSPS) is 15.8. The minimum Gasteiger partial charge on any atom is -0.356 e. The van der Waals surface area contributed by atoms with Crippen LogP contribution in [0.2, 0.25) is 0 Å². The quantitative estimate of drug-likeness (QED) is 0.718. The number of anilines is 1. The molecule has 132 valence electrons. The minimum absolute atomic E-state index is 0.225. The fourth-order valence-electron chi connectivity index (χ4n) is 3.40. The van der Waals surface area contributed by atoms with Crippen molar-refractivity contribution in [1.82, 2.24) is 5.32 Å². The van der Waals surface area contributed by atoms with Gasteiger partial charge in [0.2, 0.25) is 0 Å². The van der Waals surface area contributed by atoms with Crippen molar-refractivity contribution in [3.8, 4) is 0 Å². The zero-order valence-electron chi connectivity index (χ0n) is 14.5. The summed E-state index contributed by atoms with van der Waals surface area (Å²) >= 11 is 5.40. The van der Waals surface area contributed by atoms with Gasteiger partial charge in [-0.05, 0) is 36.8 Å². The molecule has 0 saturated carbocycles. The standard InChI is InChI=1S/C20H24FN3S/c1-15-9-10-17(13-18(15)21)23-20(25)22-14-19(24-11-5-6-12-24)16-7-3-2-4-8-16/h2-4,7-10,13,19H,5-6,11-12,14H2,1H3,(H2,22,23,25)/p+1/t19-/m0/s1. The van der Waals surface area contributed by atoms with Crippen LogP contribution < -0.4 is 15.5 Å². The molecule has 1 atom stereocenters. The van der Waals surface area contributed by atoms with Crippen molar-refractivity contribution in [3.05, 3.63) is 65.5 Å². The maximum absolute atomic E-state index is 13.7. The predicted octanol–water partition coefficient (Wildman–Crippen LogP) is 2.84. The first kappa shape index (κ1) is 17.8. The first-order chi connectivity index (χ1) is 12.1. The van der Waals surface area contributed by atoms with Crippen molar-refractivity contribution in [2.24, 2.45) is 0 Å². The number of thiocarbonyl (C=S) groups is 1. The lowest BCUT2D eigenvalue weighted by atomic mass is 10.1. The van der Waals surface area contributed by atoms with Crippen LogP contribution in [0.5, 0.6) is 0 Å². The Morgan fingerprint density at radius 2 is 1.88 bits per heavy atom. The van der Waals surface area contributed by atoms with E-state index in [4.69, 9.17) is 12.2 Å². The van der Waals surface area contributed by atoms with Gasteiger partial charge in [0, 0.05) is 24.1 Å². The molecule has 0 aliphatic carbocycles. The topological polar surface area (TPSA) is 28.5 Å². The van der Waals surface area contributed by atoms with Gasteiger partial charge in [-0.15, -0.1) is 0 Å². The molecule has 1 aliphatic rings. The number of quaternary nitrogens is 1. The first-order valence-corrected chi connectivity index (χ1v) is 9.25. The van der Waals surface area contributed by atoms with Crippen LogP contribution in [0.1, 0.15) is 30.0 Å². The van der Waals surface area contributed by atoms with Gasteiger partial charge in [0.1, 0.15) is 11.9 Å². The summed E-state index contributed by atoms with van der Waals surface area (Å²) in [5.74, 6) is -0.225. The molecule has 2 aromatic rings. The largest absolute Gasteiger partial charge is 0.356 e. The second-order valence-corrected chi connectivity index (χ2v) is 7.04. The van der Waals surface area contributed by atoms with Crippen molar-refractivity contribution in [2.45, 2.75) is 25.8 Å². The number of hydrogen-bond acceptors (Lipinski definition) is 1. The van der Waals surface area contributed by atoms with Crippen LogP contribution in [0.4, 0.5) is 10.1 Å². The Morgan fingerprint density at radius 3 is 2.56 bits per heavy atom. The Bertz CT molecular complexity index is 714. The number of nitrogens with one attached hydrogen (secondary N) is 3. The van der Waals surface area contributed by atoms with Gasteiger partial charge < -0.3 is 15.5 Å². The maximum atomic E-state index is 13.7. The molecular formula is C20H25FN3S+. The lowest BCUT2D eigenvalue weighted by molar-refractivity contribution is -0.918. The molecule has 1 saturated heterocycles. The average molecular weight is 359 g/mol. The number of halogens is 1. The van der Waals surface area contributed by atoms with E-state index in [0.29, 0.717) is 22.4 Å².